The summed E-state index contributed by atoms with van der Waals surface area (Å²) in [5, 5.41) is 12.8. The highest BCUT2D eigenvalue weighted by Crippen LogP contribution is 2.26. The minimum atomic E-state index is -0.210. The number of benzene rings is 1. The van der Waals surface area contributed by atoms with Gasteiger partial charge in [0.1, 0.15) is 5.75 Å². The third-order valence-corrected chi connectivity index (χ3v) is 3.11. The molecule has 2 unspecified atom stereocenters. The number of rotatable bonds is 8. The van der Waals surface area contributed by atoms with Crippen molar-refractivity contribution in [1.29, 1.82) is 0 Å². The molecule has 0 fully saturated rings. The van der Waals surface area contributed by atoms with Gasteiger partial charge in [0.05, 0.1) is 13.2 Å². The van der Waals surface area contributed by atoms with E-state index in [4.69, 9.17) is 4.74 Å². The maximum absolute atomic E-state index is 9.23. The van der Waals surface area contributed by atoms with Crippen LogP contribution < -0.4 is 10.1 Å². The summed E-state index contributed by atoms with van der Waals surface area (Å²) in [6, 6.07) is 8.44. The lowest BCUT2D eigenvalue weighted by Gasteiger charge is -2.20. The minimum Gasteiger partial charge on any atom is -0.496 e. The van der Waals surface area contributed by atoms with Gasteiger partial charge in [-0.15, -0.1) is 0 Å². The Morgan fingerprint density at radius 1 is 1.33 bits per heavy atom. The molecule has 2 N–H and O–H groups in total. The second-order valence-electron chi connectivity index (χ2n) is 4.65. The van der Waals surface area contributed by atoms with E-state index in [1.54, 1.807) is 7.11 Å². The maximum atomic E-state index is 9.23. The molecule has 1 aromatic rings. The standard InChI is InChI=1S/C15H25NO2/c1-4-14(16-11-7-8-12(2)17)13-9-5-6-10-15(13)18-3/h5-6,9-10,12,14,16-17H,4,7-8,11H2,1-3H3. The van der Waals surface area contributed by atoms with Gasteiger partial charge in [0.25, 0.3) is 0 Å². The Bertz CT molecular complexity index is 339. The second-order valence-corrected chi connectivity index (χ2v) is 4.65. The number of methoxy groups -OCH3 is 1. The average Bonchev–Trinajstić information content (AvgIpc) is 2.38. The number of aliphatic hydroxyl groups is 1. The van der Waals surface area contributed by atoms with Gasteiger partial charge in [-0.25, -0.2) is 0 Å². The predicted molar refractivity (Wildman–Crippen MR) is 74.9 cm³/mol. The van der Waals surface area contributed by atoms with Crippen LogP contribution in [0.3, 0.4) is 0 Å². The Hall–Kier alpha value is -1.06. The molecule has 0 amide bonds. The Balaban J connectivity index is 2.54. The van der Waals surface area contributed by atoms with E-state index < -0.39 is 0 Å². The third-order valence-electron chi connectivity index (χ3n) is 3.11. The van der Waals surface area contributed by atoms with Gasteiger partial charge in [0.2, 0.25) is 0 Å². The zero-order chi connectivity index (χ0) is 13.4. The summed E-state index contributed by atoms with van der Waals surface area (Å²) in [5.74, 6) is 0.937. The molecule has 0 heterocycles. The lowest BCUT2D eigenvalue weighted by molar-refractivity contribution is 0.181. The Morgan fingerprint density at radius 3 is 2.67 bits per heavy atom. The summed E-state index contributed by atoms with van der Waals surface area (Å²) in [5.41, 5.74) is 1.21. The van der Waals surface area contributed by atoms with Gasteiger partial charge >= 0.3 is 0 Å². The van der Waals surface area contributed by atoms with Crippen molar-refractivity contribution >= 4 is 0 Å². The molecule has 1 rings (SSSR count). The molecule has 0 bridgehead atoms. The lowest BCUT2D eigenvalue weighted by atomic mass is 10.0. The molecule has 0 spiro atoms. The van der Waals surface area contributed by atoms with Gasteiger partial charge in [0.15, 0.2) is 0 Å². The molecule has 3 nitrogen and oxygen atoms in total. The summed E-state index contributed by atoms with van der Waals surface area (Å²) in [4.78, 5) is 0. The first-order chi connectivity index (χ1) is 8.69. The topological polar surface area (TPSA) is 41.5 Å². The molecule has 0 aromatic heterocycles. The van der Waals surface area contributed by atoms with Crippen molar-refractivity contribution in [2.45, 2.75) is 45.3 Å². The van der Waals surface area contributed by atoms with Gasteiger partial charge in [0, 0.05) is 11.6 Å². The quantitative estimate of drug-likeness (QED) is 0.698. The van der Waals surface area contributed by atoms with Gasteiger partial charge in [-0.2, -0.15) is 0 Å². The van der Waals surface area contributed by atoms with Crippen molar-refractivity contribution in [3.8, 4) is 5.75 Å². The van der Waals surface area contributed by atoms with E-state index in [1.165, 1.54) is 5.56 Å². The van der Waals surface area contributed by atoms with Crippen molar-refractivity contribution in [3.63, 3.8) is 0 Å². The summed E-state index contributed by atoms with van der Waals surface area (Å²) in [6.07, 6.45) is 2.64. The number of aliphatic hydroxyl groups excluding tert-OH is 1. The molecule has 0 radical (unpaired) electrons. The molecule has 0 aliphatic heterocycles. The average molecular weight is 251 g/mol. The summed E-state index contributed by atoms with van der Waals surface area (Å²) >= 11 is 0. The number of ether oxygens (including phenoxy) is 1. The molecule has 0 aliphatic carbocycles. The Morgan fingerprint density at radius 2 is 2.06 bits per heavy atom. The number of para-hydroxylation sites is 1. The highest BCUT2D eigenvalue weighted by atomic mass is 16.5. The normalized spacial score (nSPS) is 14.2. The first-order valence-corrected chi connectivity index (χ1v) is 6.73. The van der Waals surface area contributed by atoms with E-state index >= 15 is 0 Å². The molecule has 3 heteroatoms. The smallest absolute Gasteiger partial charge is 0.123 e. The van der Waals surface area contributed by atoms with Gasteiger partial charge < -0.3 is 15.2 Å². The fourth-order valence-corrected chi connectivity index (χ4v) is 2.10. The van der Waals surface area contributed by atoms with E-state index in [2.05, 4.69) is 18.3 Å². The van der Waals surface area contributed by atoms with E-state index in [1.807, 2.05) is 25.1 Å². The van der Waals surface area contributed by atoms with Crippen LogP contribution in [0.2, 0.25) is 0 Å². The van der Waals surface area contributed by atoms with Crippen molar-refractivity contribution in [3.05, 3.63) is 29.8 Å². The van der Waals surface area contributed by atoms with Crippen LogP contribution in [0, 0.1) is 0 Å². The Kier molecular flexibility index (Phi) is 6.76. The van der Waals surface area contributed by atoms with Crippen LogP contribution >= 0.6 is 0 Å². The Labute approximate surface area is 110 Å². The van der Waals surface area contributed by atoms with Crippen LogP contribution in [-0.2, 0) is 0 Å². The predicted octanol–water partition coefficient (Wildman–Crippen LogP) is 2.90. The van der Waals surface area contributed by atoms with Crippen LogP contribution in [0.1, 0.15) is 44.7 Å². The number of hydrogen-bond acceptors (Lipinski definition) is 3. The fraction of sp³-hybridized carbons (Fsp3) is 0.600. The van der Waals surface area contributed by atoms with Crippen LogP contribution in [0.25, 0.3) is 0 Å². The van der Waals surface area contributed by atoms with Crippen molar-refractivity contribution in [2.75, 3.05) is 13.7 Å². The molecule has 102 valence electrons. The second kappa shape index (κ2) is 8.11. The van der Waals surface area contributed by atoms with Gasteiger partial charge in [-0.05, 0) is 38.8 Å². The number of nitrogens with one attached hydrogen (secondary N) is 1. The first-order valence-electron chi connectivity index (χ1n) is 6.73. The van der Waals surface area contributed by atoms with Crippen molar-refractivity contribution in [1.82, 2.24) is 5.32 Å². The van der Waals surface area contributed by atoms with Gasteiger partial charge in [-0.1, -0.05) is 25.1 Å². The van der Waals surface area contributed by atoms with E-state index in [0.717, 1.165) is 31.6 Å². The maximum Gasteiger partial charge on any atom is 0.123 e. The zero-order valence-corrected chi connectivity index (χ0v) is 11.6. The van der Waals surface area contributed by atoms with Crippen LogP contribution in [0.5, 0.6) is 5.75 Å². The molecule has 1 aromatic carbocycles. The van der Waals surface area contributed by atoms with Crippen LogP contribution in [0.4, 0.5) is 0 Å². The zero-order valence-electron chi connectivity index (χ0n) is 11.6. The van der Waals surface area contributed by atoms with Crippen molar-refractivity contribution in [2.24, 2.45) is 0 Å². The van der Waals surface area contributed by atoms with Gasteiger partial charge in [-0.3, -0.25) is 0 Å². The molecule has 0 saturated heterocycles. The number of hydrogen-bond donors (Lipinski definition) is 2. The highest BCUT2D eigenvalue weighted by molar-refractivity contribution is 5.35. The fourth-order valence-electron chi connectivity index (χ4n) is 2.10. The molecular formula is C15H25NO2. The SMILES string of the molecule is CCC(NCCCC(C)O)c1ccccc1OC. The largest absolute Gasteiger partial charge is 0.496 e. The van der Waals surface area contributed by atoms with Crippen molar-refractivity contribution < 1.29 is 9.84 Å². The molecule has 18 heavy (non-hydrogen) atoms. The molecular weight excluding hydrogens is 226 g/mol. The monoisotopic (exact) mass is 251 g/mol. The lowest BCUT2D eigenvalue weighted by Crippen LogP contribution is -2.23. The summed E-state index contributed by atoms with van der Waals surface area (Å²) < 4.78 is 5.39. The molecule has 0 saturated carbocycles. The van der Waals surface area contributed by atoms with E-state index in [9.17, 15) is 5.11 Å². The molecule has 0 aliphatic rings. The summed E-state index contributed by atoms with van der Waals surface area (Å²) in [6.45, 7) is 4.91. The third kappa shape index (κ3) is 4.67. The van der Waals surface area contributed by atoms with Crippen LogP contribution in [0.15, 0.2) is 24.3 Å². The minimum absolute atomic E-state index is 0.210. The summed E-state index contributed by atoms with van der Waals surface area (Å²) in [7, 11) is 1.71. The van der Waals surface area contributed by atoms with E-state index in [-0.39, 0.29) is 6.10 Å². The first kappa shape index (κ1) is 15.0. The van der Waals surface area contributed by atoms with Crippen LogP contribution in [-0.4, -0.2) is 24.9 Å². The van der Waals surface area contributed by atoms with E-state index in [0.29, 0.717) is 6.04 Å². The molecule has 2 atom stereocenters. The highest BCUT2D eigenvalue weighted by Gasteiger charge is 2.12.